The van der Waals surface area contributed by atoms with Gasteiger partial charge in [-0.2, -0.15) is 0 Å². The Bertz CT molecular complexity index is 284. The molecule has 0 aliphatic carbocycles. The minimum atomic E-state index is -0.794. The van der Waals surface area contributed by atoms with Crippen molar-refractivity contribution in [2.45, 2.75) is 60.0 Å². The molecule has 1 unspecified atom stereocenters. The maximum Gasteiger partial charge on any atom is 0.508 e. The molecule has 0 amide bonds. The Morgan fingerprint density at radius 3 is 1.84 bits per heavy atom. The van der Waals surface area contributed by atoms with Gasteiger partial charge in [0.1, 0.15) is 11.5 Å². The highest BCUT2D eigenvalue weighted by molar-refractivity contribution is 5.78. The third-order valence-electron chi connectivity index (χ3n) is 3.43. The summed E-state index contributed by atoms with van der Waals surface area (Å²) in [5.41, 5.74) is -0.794. The Hall–Kier alpha value is -1.26. The summed E-state index contributed by atoms with van der Waals surface area (Å²) in [6, 6.07) is 0. The summed E-state index contributed by atoms with van der Waals surface area (Å²) < 4.78 is 15.2. The average Bonchev–Trinajstić information content (AvgIpc) is 2.40. The van der Waals surface area contributed by atoms with E-state index in [-0.39, 0.29) is 12.6 Å². The minimum absolute atomic E-state index is 0.250. The fraction of sp³-hybridized carbons (Fsp3) is 0.857. The molecular formula is C14H26O5. The molecule has 5 nitrogen and oxygen atoms in total. The smallest absolute Gasteiger partial charge is 0.465 e. The van der Waals surface area contributed by atoms with E-state index >= 15 is 0 Å². The summed E-state index contributed by atoms with van der Waals surface area (Å²) in [5, 5.41) is 0. The molecule has 1 atom stereocenters. The number of esters is 1. The Labute approximate surface area is 115 Å². The Kier molecular flexibility index (Phi) is 8.19. The topological polar surface area (TPSA) is 61.8 Å². The number of hydrogen-bond donors (Lipinski definition) is 0. The quantitative estimate of drug-likeness (QED) is 0.635. The third-order valence-corrected chi connectivity index (χ3v) is 3.43. The second-order valence-corrected chi connectivity index (χ2v) is 4.28. The van der Waals surface area contributed by atoms with Crippen molar-refractivity contribution < 1.29 is 23.8 Å². The van der Waals surface area contributed by atoms with Crippen LogP contribution in [0.5, 0.6) is 0 Å². The first-order valence-corrected chi connectivity index (χ1v) is 7.02. The number of carbonyl (C=O) groups excluding carboxylic acids is 2. The molecule has 5 heteroatoms. The van der Waals surface area contributed by atoms with Gasteiger partial charge < -0.3 is 14.2 Å². The van der Waals surface area contributed by atoms with Gasteiger partial charge in [0.25, 0.3) is 0 Å². The summed E-state index contributed by atoms with van der Waals surface area (Å²) >= 11 is 0. The lowest BCUT2D eigenvalue weighted by Crippen LogP contribution is -2.45. The van der Waals surface area contributed by atoms with E-state index in [1.807, 2.05) is 20.8 Å². The molecule has 0 aliphatic heterocycles. The van der Waals surface area contributed by atoms with Crippen LogP contribution in [0.25, 0.3) is 0 Å². The number of hydrogen-bond acceptors (Lipinski definition) is 5. The van der Waals surface area contributed by atoms with Crippen LogP contribution in [0, 0.1) is 5.41 Å². The molecule has 112 valence electrons. The van der Waals surface area contributed by atoms with Gasteiger partial charge in [-0.05, 0) is 33.1 Å². The van der Waals surface area contributed by atoms with Crippen molar-refractivity contribution in [3.63, 3.8) is 0 Å². The minimum Gasteiger partial charge on any atom is -0.465 e. The van der Waals surface area contributed by atoms with E-state index < -0.39 is 17.7 Å². The fourth-order valence-corrected chi connectivity index (χ4v) is 2.26. The predicted molar refractivity (Wildman–Crippen MR) is 71.8 cm³/mol. The summed E-state index contributed by atoms with van der Waals surface area (Å²) in [4.78, 5) is 23.7. The summed E-state index contributed by atoms with van der Waals surface area (Å²) in [6.07, 6.45) is 0.394. The molecule has 0 fully saturated rings. The fourth-order valence-electron chi connectivity index (χ4n) is 2.26. The average molecular weight is 274 g/mol. The van der Waals surface area contributed by atoms with Gasteiger partial charge in [0.15, 0.2) is 0 Å². The normalized spacial score (nSPS) is 12.7. The van der Waals surface area contributed by atoms with Crippen molar-refractivity contribution in [2.24, 2.45) is 5.41 Å². The van der Waals surface area contributed by atoms with Crippen LogP contribution >= 0.6 is 0 Å². The van der Waals surface area contributed by atoms with Crippen LogP contribution in [0.15, 0.2) is 0 Å². The first kappa shape index (κ1) is 17.7. The first-order chi connectivity index (χ1) is 9.02. The molecule has 19 heavy (non-hydrogen) atoms. The van der Waals surface area contributed by atoms with Crippen LogP contribution in [0.1, 0.15) is 53.9 Å². The summed E-state index contributed by atoms with van der Waals surface area (Å²) in [5.74, 6) is -0.309. The maximum atomic E-state index is 12.2. The summed E-state index contributed by atoms with van der Waals surface area (Å²) in [7, 11) is 0. The van der Waals surface area contributed by atoms with Gasteiger partial charge in [-0.15, -0.1) is 0 Å². The SMILES string of the molecule is CCOC(=O)OC(CC)C(CC)(CC)C(=O)OCC. The number of rotatable bonds is 8. The van der Waals surface area contributed by atoms with Crippen LogP contribution in [0.2, 0.25) is 0 Å². The summed E-state index contributed by atoms with van der Waals surface area (Å²) in [6.45, 7) is 9.72. The molecule has 0 aromatic rings. The van der Waals surface area contributed by atoms with E-state index in [9.17, 15) is 9.59 Å². The highest BCUT2D eigenvalue weighted by atomic mass is 16.7. The van der Waals surface area contributed by atoms with E-state index in [0.29, 0.717) is 25.9 Å². The lowest BCUT2D eigenvalue weighted by atomic mass is 9.76. The molecule has 0 bridgehead atoms. The van der Waals surface area contributed by atoms with Crippen molar-refractivity contribution >= 4 is 12.1 Å². The third kappa shape index (κ3) is 4.40. The standard InChI is InChI=1S/C14H26O5/c1-6-11(19-13(16)18-10-5)14(7-2,8-3)12(15)17-9-4/h11H,6-10H2,1-5H3. The van der Waals surface area contributed by atoms with Crippen LogP contribution in [0.4, 0.5) is 4.79 Å². The monoisotopic (exact) mass is 274 g/mol. The van der Waals surface area contributed by atoms with E-state index in [1.54, 1.807) is 13.8 Å². The maximum absolute atomic E-state index is 12.2. The Morgan fingerprint density at radius 2 is 1.47 bits per heavy atom. The van der Waals surface area contributed by atoms with Crippen molar-refractivity contribution in [2.75, 3.05) is 13.2 Å². The van der Waals surface area contributed by atoms with Crippen LogP contribution < -0.4 is 0 Å². The predicted octanol–water partition coefficient (Wildman–Crippen LogP) is 3.31. The van der Waals surface area contributed by atoms with Crippen molar-refractivity contribution in [3.05, 3.63) is 0 Å². The first-order valence-electron chi connectivity index (χ1n) is 7.02. The van der Waals surface area contributed by atoms with Gasteiger partial charge in [0.05, 0.1) is 13.2 Å². The lowest BCUT2D eigenvalue weighted by Gasteiger charge is -2.35. The van der Waals surface area contributed by atoms with E-state index in [4.69, 9.17) is 14.2 Å². The number of ether oxygens (including phenoxy) is 3. The van der Waals surface area contributed by atoms with Gasteiger partial charge in [0.2, 0.25) is 0 Å². The molecule has 0 aromatic heterocycles. The van der Waals surface area contributed by atoms with Crippen molar-refractivity contribution in [1.29, 1.82) is 0 Å². The molecule has 0 heterocycles. The molecule has 0 rings (SSSR count). The largest absolute Gasteiger partial charge is 0.508 e. The molecule has 0 aliphatic rings. The van der Waals surface area contributed by atoms with Crippen LogP contribution in [-0.4, -0.2) is 31.4 Å². The van der Waals surface area contributed by atoms with Crippen LogP contribution in [-0.2, 0) is 19.0 Å². The zero-order chi connectivity index (χ0) is 14.9. The zero-order valence-corrected chi connectivity index (χ0v) is 12.7. The molecule has 0 aromatic carbocycles. The second kappa shape index (κ2) is 8.77. The number of carbonyl (C=O) groups is 2. The molecule has 0 saturated heterocycles. The van der Waals surface area contributed by atoms with Gasteiger partial charge >= 0.3 is 12.1 Å². The Balaban J connectivity index is 5.08. The van der Waals surface area contributed by atoms with Crippen LogP contribution in [0.3, 0.4) is 0 Å². The lowest BCUT2D eigenvalue weighted by molar-refractivity contribution is -0.165. The van der Waals surface area contributed by atoms with E-state index in [2.05, 4.69) is 0 Å². The van der Waals surface area contributed by atoms with E-state index in [1.165, 1.54) is 0 Å². The highest BCUT2D eigenvalue weighted by Gasteiger charge is 2.45. The van der Waals surface area contributed by atoms with Crippen molar-refractivity contribution in [1.82, 2.24) is 0 Å². The molecule has 0 N–H and O–H groups in total. The van der Waals surface area contributed by atoms with Gasteiger partial charge in [0, 0.05) is 0 Å². The van der Waals surface area contributed by atoms with Gasteiger partial charge in [-0.3, -0.25) is 4.79 Å². The van der Waals surface area contributed by atoms with Gasteiger partial charge in [-0.1, -0.05) is 20.8 Å². The Morgan fingerprint density at radius 1 is 0.947 bits per heavy atom. The highest BCUT2D eigenvalue weighted by Crippen LogP contribution is 2.36. The second-order valence-electron chi connectivity index (χ2n) is 4.28. The molecular weight excluding hydrogens is 248 g/mol. The van der Waals surface area contributed by atoms with E-state index in [0.717, 1.165) is 0 Å². The molecule has 0 saturated carbocycles. The molecule has 0 radical (unpaired) electrons. The zero-order valence-electron chi connectivity index (χ0n) is 12.7. The molecule has 0 spiro atoms. The van der Waals surface area contributed by atoms with Crippen molar-refractivity contribution in [3.8, 4) is 0 Å². The van der Waals surface area contributed by atoms with Gasteiger partial charge in [-0.25, -0.2) is 4.79 Å².